The number of carbonyl (C=O) groups is 1. The van der Waals surface area contributed by atoms with E-state index in [1.807, 2.05) is 28.8 Å². The van der Waals surface area contributed by atoms with Crippen molar-refractivity contribution in [2.75, 3.05) is 5.32 Å². The summed E-state index contributed by atoms with van der Waals surface area (Å²) in [5, 5.41) is 9.58. The third-order valence-corrected chi connectivity index (χ3v) is 4.02. The summed E-state index contributed by atoms with van der Waals surface area (Å²) in [7, 11) is 0. The minimum atomic E-state index is 0.532. The highest BCUT2D eigenvalue weighted by Crippen LogP contribution is 2.29. The molecule has 1 aromatic carbocycles. The minimum Gasteiger partial charge on any atom is -0.312 e. The summed E-state index contributed by atoms with van der Waals surface area (Å²) in [6.07, 6.45) is 6.17. The van der Waals surface area contributed by atoms with E-state index in [1.165, 1.54) is 5.56 Å². The number of nitrogens with one attached hydrogen (secondary N) is 2. The van der Waals surface area contributed by atoms with Gasteiger partial charge in [0, 0.05) is 18.0 Å². The lowest BCUT2D eigenvalue weighted by molar-refractivity contribution is -0.105. The maximum atomic E-state index is 10.6. The van der Waals surface area contributed by atoms with Crippen LogP contribution in [0.15, 0.2) is 55.0 Å². The number of hydrogen-bond donors (Lipinski definition) is 2. The second-order valence-electron chi connectivity index (χ2n) is 5.57. The van der Waals surface area contributed by atoms with Crippen molar-refractivity contribution < 1.29 is 4.79 Å². The molecule has 0 aliphatic heterocycles. The topological polar surface area (TPSA) is 75.1 Å². The maximum absolute atomic E-state index is 10.6. The Balaban J connectivity index is 1.81. The van der Waals surface area contributed by atoms with Crippen LogP contribution in [0.2, 0.25) is 0 Å². The molecule has 0 unspecified atom stereocenters. The molecule has 3 heterocycles. The van der Waals surface area contributed by atoms with Crippen LogP contribution in [0.3, 0.4) is 0 Å². The molecule has 2 N–H and O–H groups in total. The number of aromatic amines is 1. The third-order valence-electron chi connectivity index (χ3n) is 4.02. The molecular weight excluding hydrogens is 302 g/mol. The van der Waals surface area contributed by atoms with Crippen molar-refractivity contribution in [2.24, 2.45) is 0 Å². The molecule has 0 bridgehead atoms. The number of hydrogen-bond acceptors (Lipinski definition) is 3. The normalized spacial score (nSPS) is 10.9. The van der Waals surface area contributed by atoms with Gasteiger partial charge >= 0.3 is 0 Å². The molecule has 0 spiro atoms. The molecule has 3 aromatic heterocycles. The summed E-state index contributed by atoms with van der Waals surface area (Å²) in [4.78, 5) is 14.9. The number of pyridine rings is 1. The molecule has 118 valence electrons. The zero-order valence-electron chi connectivity index (χ0n) is 13.0. The van der Waals surface area contributed by atoms with Gasteiger partial charge in [-0.3, -0.25) is 9.89 Å². The summed E-state index contributed by atoms with van der Waals surface area (Å²) in [5.74, 6) is 0.532. The number of fused-ring (bicyclic) bond motifs is 1. The fourth-order valence-electron chi connectivity index (χ4n) is 2.80. The average molecular weight is 317 g/mol. The minimum absolute atomic E-state index is 0.532. The van der Waals surface area contributed by atoms with Crippen LogP contribution in [0.5, 0.6) is 0 Å². The number of H-pyrrole nitrogens is 1. The van der Waals surface area contributed by atoms with E-state index in [9.17, 15) is 4.79 Å². The van der Waals surface area contributed by atoms with Gasteiger partial charge in [0.2, 0.25) is 6.41 Å². The van der Waals surface area contributed by atoms with Gasteiger partial charge in [-0.25, -0.2) is 4.98 Å². The first-order valence-electron chi connectivity index (χ1n) is 7.54. The second kappa shape index (κ2) is 5.66. The number of amides is 1. The van der Waals surface area contributed by atoms with Crippen molar-refractivity contribution in [3.8, 4) is 22.4 Å². The van der Waals surface area contributed by atoms with Crippen LogP contribution in [-0.2, 0) is 4.79 Å². The Morgan fingerprint density at radius 2 is 2.00 bits per heavy atom. The molecule has 0 fully saturated rings. The summed E-state index contributed by atoms with van der Waals surface area (Å²) in [5.41, 5.74) is 6.26. The quantitative estimate of drug-likeness (QED) is 0.567. The lowest BCUT2D eigenvalue weighted by Gasteiger charge is -2.09. The Morgan fingerprint density at radius 1 is 1.12 bits per heavy atom. The van der Waals surface area contributed by atoms with Gasteiger partial charge in [-0.1, -0.05) is 12.1 Å². The molecule has 1 amide bonds. The molecule has 0 aliphatic rings. The Bertz CT molecular complexity index is 1020. The van der Waals surface area contributed by atoms with Crippen molar-refractivity contribution >= 4 is 17.9 Å². The van der Waals surface area contributed by atoms with Crippen LogP contribution < -0.4 is 5.32 Å². The smallest absolute Gasteiger partial charge is 0.212 e. The van der Waals surface area contributed by atoms with E-state index in [2.05, 4.69) is 45.6 Å². The predicted octanol–water partition coefficient (Wildman–Crippen LogP) is 3.27. The first kappa shape index (κ1) is 14.2. The molecule has 0 saturated heterocycles. The van der Waals surface area contributed by atoms with Crippen LogP contribution in [-0.4, -0.2) is 26.0 Å². The zero-order valence-corrected chi connectivity index (χ0v) is 13.0. The van der Waals surface area contributed by atoms with Crippen LogP contribution in [0.4, 0.5) is 5.82 Å². The Kier molecular flexibility index (Phi) is 3.35. The van der Waals surface area contributed by atoms with Crippen molar-refractivity contribution in [1.29, 1.82) is 0 Å². The Hall–Kier alpha value is -3.41. The Labute approximate surface area is 138 Å². The van der Waals surface area contributed by atoms with Crippen molar-refractivity contribution in [2.45, 2.75) is 6.92 Å². The van der Waals surface area contributed by atoms with Gasteiger partial charge in [0.15, 0.2) is 5.82 Å². The van der Waals surface area contributed by atoms with Gasteiger partial charge in [0.05, 0.1) is 11.9 Å². The fraction of sp³-hybridized carbons (Fsp3) is 0.0556. The summed E-state index contributed by atoms with van der Waals surface area (Å²) in [6.45, 7) is 2.09. The largest absolute Gasteiger partial charge is 0.312 e. The Morgan fingerprint density at radius 3 is 2.79 bits per heavy atom. The highest BCUT2D eigenvalue weighted by Gasteiger charge is 2.08. The molecule has 0 aliphatic carbocycles. The molecular formula is C18H15N5O. The highest BCUT2D eigenvalue weighted by molar-refractivity contribution is 5.75. The molecule has 6 heteroatoms. The lowest BCUT2D eigenvalue weighted by Crippen LogP contribution is -1.92. The number of imidazole rings is 1. The van der Waals surface area contributed by atoms with Gasteiger partial charge in [0.25, 0.3) is 0 Å². The number of aryl methyl sites for hydroxylation is 1. The van der Waals surface area contributed by atoms with Gasteiger partial charge in [-0.15, -0.1) is 0 Å². The first-order chi connectivity index (χ1) is 11.7. The monoisotopic (exact) mass is 317 g/mol. The summed E-state index contributed by atoms with van der Waals surface area (Å²) < 4.78 is 1.91. The van der Waals surface area contributed by atoms with Crippen LogP contribution >= 0.6 is 0 Å². The number of rotatable bonds is 4. The van der Waals surface area contributed by atoms with Crippen LogP contribution in [0.25, 0.3) is 28.0 Å². The zero-order chi connectivity index (χ0) is 16.5. The average Bonchev–Trinajstić information content (AvgIpc) is 3.24. The SMILES string of the molecule is Cc1ccc(-c2ccn[nH]2)cc1-c1ccc2nc(NC=O)cn2c1. The molecule has 6 nitrogen and oxygen atoms in total. The second-order valence-corrected chi connectivity index (χ2v) is 5.57. The van der Waals surface area contributed by atoms with Crippen molar-refractivity contribution in [3.05, 3.63) is 60.6 Å². The lowest BCUT2D eigenvalue weighted by atomic mass is 9.98. The highest BCUT2D eigenvalue weighted by atomic mass is 16.1. The van der Waals surface area contributed by atoms with E-state index in [4.69, 9.17) is 0 Å². The molecule has 4 aromatic rings. The van der Waals surface area contributed by atoms with Crippen LogP contribution in [0, 0.1) is 6.92 Å². The van der Waals surface area contributed by atoms with Crippen molar-refractivity contribution in [1.82, 2.24) is 19.6 Å². The third kappa shape index (κ3) is 2.44. The van der Waals surface area contributed by atoms with Gasteiger partial charge in [0.1, 0.15) is 5.65 Å². The molecule has 24 heavy (non-hydrogen) atoms. The standard InChI is InChI=1S/C18H15N5O/c1-12-2-3-13(16-6-7-20-22-16)8-15(12)14-4-5-18-21-17(19-11-24)10-23(18)9-14/h2-11H,1H3,(H,19,24)(H,20,22). The number of benzene rings is 1. The van der Waals surface area contributed by atoms with Gasteiger partial charge in [-0.2, -0.15) is 5.10 Å². The van der Waals surface area contributed by atoms with E-state index in [-0.39, 0.29) is 0 Å². The predicted molar refractivity (Wildman–Crippen MR) is 92.6 cm³/mol. The summed E-state index contributed by atoms with van der Waals surface area (Å²) >= 11 is 0. The van der Waals surface area contributed by atoms with Crippen LogP contribution in [0.1, 0.15) is 5.56 Å². The van der Waals surface area contributed by atoms with E-state index < -0.39 is 0 Å². The molecule has 0 saturated carbocycles. The van der Waals surface area contributed by atoms with E-state index in [1.54, 1.807) is 12.4 Å². The van der Waals surface area contributed by atoms with Gasteiger partial charge in [-0.05, 0) is 47.9 Å². The molecule has 0 radical (unpaired) electrons. The summed E-state index contributed by atoms with van der Waals surface area (Å²) in [6, 6.07) is 12.2. The van der Waals surface area contributed by atoms with Crippen molar-refractivity contribution in [3.63, 3.8) is 0 Å². The fourth-order valence-corrected chi connectivity index (χ4v) is 2.80. The molecule has 4 rings (SSSR count). The number of nitrogens with zero attached hydrogens (tertiary/aromatic N) is 3. The van der Waals surface area contributed by atoms with E-state index >= 15 is 0 Å². The number of aromatic nitrogens is 4. The van der Waals surface area contributed by atoms with E-state index in [0.29, 0.717) is 12.2 Å². The first-order valence-corrected chi connectivity index (χ1v) is 7.54. The number of anilines is 1. The number of carbonyl (C=O) groups excluding carboxylic acids is 1. The van der Waals surface area contributed by atoms with E-state index in [0.717, 1.165) is 28.0 Å². The molecule has 0 atom stereocenters. The maximum Gasteiger partial charge on any atom is 0.212 e. The van der Waals surface area contributed by atoms with Gasteiger partial charge < -0.3 is 9.72 Å².